The zero-order valence-corrected chi connectivity index (χ0v) is 9.98. The van der Waals surface area contributed by atoms with Crippen molar-refractivity contribution in [3.05, 3.63) is 22.2 Å². The molecule has 0 radical (unpaired) electrons. The van der Waals surface area contributed by atoms with E-state index in [0.29, 0.717) is 10.8 Å². The lowest BCUT2D eigenvalue weighted by Crippen LogP contribution is -2.10. The second-order valence-electron chi connectivity index (χ2n) is 3.40. The van der Waals surface area contributed by atoms with Crippen LogP contribution in [0.4, 0.5) is 0 Å². The molecule has 0 fully saturated rings. The number of hydrogen-bond donors (Lipinski definition) is 2. The highest BCUT2D eigenvalue weighted by Crippen LogP contribution is 2.38. The molecule has 2 N–H and O–H groups in total. The number of aromatic hydroxyl groups is 1. The van der Waals surface area contributed by atoms with E-state index in [9.17, 15) is 5.11 Å². The van der Waals surface area contributed by atoms with E-state index >= 15 is 0 Å². The average molecular weight is 230 g/mol. The Balaban J connectivity index is 3.10. The monoisotopic (exact) mass is 229 g/mol. The Morgan fingerprint density at radius 1 is 1.53 bits per heavy atom. The van der Waals surface area contributed by atoms with Crippen molar-refractivity contribution in [2.24, 2.45) is 0 Å². The molecule has 3 nitrogen and oxygen atoms in total. The van der Waals surface area contributed by atoms with Crippen molar-refractivity contribution < 1.29 is 9.84 Å². The van der Waals surface area contributed by atoms with E-state index in [2.05, 4.69) is 5.32 Å². The summed E-state index contributed by atoms with van der Waals surface area (Å²) in [5.74, 6) is 0.664. The van der Waals surface area contributed by atoms with Gasteiger partial charge in [0.05, 0.1) is 7.11 Å². The summed E-state index contributed by atoms with van der Waals surface area (Å²) in [5, 5.41) is 13.1. The van der Waals surface area contributed by atoms with Crippen LogP contribution in [0, 0.1) is 6.92 Å². The predicted molar refractivity (Wildman–Crippen MR) is 62.0 cm³/mol. The van der Waals surface area contributed by atoms with Gasteiger partial charge in [0.15, 0.2) is 0 Å². The second kappa shape index (κ2) is 5.24. The molecule has 0 aliphatic heterocycles. The molecular weight excluding hydrogens is 214 g/mol. The van der Waals surface area contributed by atoms with Crippen molar-refractivity contribution in [1.82, 2.24) is 5.32 Å². The molecule has 0 atom stereocenters. The number of rotatable bonds is 4. The largest absolute Gasteiger partial charge is 0.506 e. The summed E-state index contributed by atoms with van der Waals surface area (Å²) in [7, 11) is 3.41. The minimum Gasteiger partial charge on any atom is -0.506 e. The Hall–Kier alpha value is -0.930. The van der Waals surface area contributed by atoms with Crippen LogP contribution in [0.1, 0.15) is 11.1 Å². The number of aryl methyl sites for hydroxylation is 1. The zero-order chi connectivity index (χ0) is 11.4. The normalized spacial score (nSPS) is 10.4. The van der Waals surface area contributed by atoms with E-state index in [0.717, 1.165) is 24.1 Å². The lowest BCUT2D eigenvalue weighted by molar-refractivity contribution is 0.403. The maximum atomic E-state index is 9.82. The Morgan fingerprint density at radius 3 is 2.73 bits per heavy atom. The van der Waals surface area contributed by atoms with Gasteiger partial charge in [-0.1, -0.05) is 11.6 Å². The fourth-order valence-corrected chi connectivity index (χ4v) is 1.87. The molecule has 1 aromatic rings. The highest BCUT2D eigenvalue weighted by Gasteiger charge is 2.14. The summed E-state index contributed by atoms with van der Waals surface area (Å²) in [4.78, 5) is 0. The maximum absolute atomic E-state index is 9.82. The Bertz CT molecular complexity index is 353. The Kier molecular flexibility index (Phi) is 4.24. The maximum Gasteiger partial charge on any atom is 0.144 e. The standard InChI is InChI=1S/C11H16ClNO2/c1-7-6-8(4-5-13-2)10(14)9(12)11(7)15-3/h6,13-14H,4-5H2,1-3H3. The quantitative estimate of drug-likeness (QED) is 0.831. The van der Waals surface area contributed by atoms with Crippen LogP contribution in [0.5, 0.6) is 11.5 Å². The van der Waals surface area contributed by atoms with E-state index in [4.69, 9.17) is 16.3 Å². The first-order valence-electron chi connectivity index (χ1n) is 4.81. The van der Waals surface area contributed by atoms with Crippen LogP contribution in [0.2, 0.25) is 5.02 Å². The summed E-state index contributed by atoms with van der Waals surface area (Å²) in [6, 6.07) is 1.90. The molecule has 0 spiro atoms. The molecule has 0 aromatic heterocycles. The van der Waals surface area contributed by atoms with Crippen LogP contribution >= 0.6 is 11.6 Å². The molecule has 0 amide bonds. The highest BCUT2D eigenvalue weighted by molar-refractivity contribution is 6.33. The van der Waals surface area contributed by atoms with Crippen molar-refractivity contribution >= 4 is 11.6 Å². The molecule has 0 unspecified atom stereocenters. The van der Waals surface area contributed by atoms with Crippen LogP contribution in [-0.2, 0) is 6.42 Å². The average Bonchev–Trinajstić information content (AvgIpc) is 2.22. The first kappa shape index (κ1) is 12.1. The highest BCUT2D eigenvalue weighted by atomic mass is 35.5. The predicted octanol–water partition coefficient (Wildman–Crippen LogP) is 2.12. The Morgan fingerprint density at radius 2 is 2.20 bits per heavy atom. The van der Waals surface area contributed by atoms with Crippen LogP contribution in [0.25, 0.3) is 0 Å². The number of nitrogens with one attached hydrogen (secondary N) is 1. The van der Waals surface area contributed by atoms with Gasteiger partial charge in [-0.25, -0.2) is 0 Å². The zero-order valence-electron chi connectivity index (χ0n) is 9.22. The minimum atomic E-state index is 0.120. The molecule has 0 heterocycles. The van der Waals surface area contributed by atoms with Crippen molar-refractivity contribution in [2.75, 3.05) is 20.7 Å². The van der Waals surface area contributed by atoms with Gasteiger partial charge < -0.3 is 15.2 Å². The van der Waals surface area contributed by atoms with E-state index in [1.165, 1.54) is 0 Å². The Labute approximate surface area is 95.0 Å². The van der Waals surface area contributed by atoms with Crippen molar-refractivity contribution in [3.63, 3.8) is 0 Å². The number of likely N-dealkylation sites (N-methyl/N-ethyl adjacent to an activating group) is 1. The summed E-state index contributed by atoms with van der Waals surface area (Å²) in [6.07, 6.45) is 0.743. The van der Waals surface area contributed by atoms with Gasteiger partial charge in [-0.05, 0) is 44.1 Å². The van der Waals surface area contributed by atoms with Crippen molar-refractivity contribution in [3.8, 4) is 11.5 Å². The summed E-state index contributed by atoms with van der Waals surface area (Å²) >= 11 is 5.99. The second-order valence-corrected chi connectivity index (χ2v) is 3.78. The van der Waals surface area contributed by atoms with E-state index in [-0.39, 0.29) is 5.75 Å². The van der Waals surface area contributed by atoms with E-state index in [1.54, 1.807) is 7.11 Å². The molecule has 4 heteroatoms. The number of phenols is 1. The first-order chi connectivity index (χ1) is 7.11. The molecule has 0 saturated heterocycles. The van der Waals surface area contributed by atoms with Gasteiger partial charge in [-0.3, -0.25) is 0 Å². The minimum absolute atomic E-state index is 0.120. The third kappa shape index (κ3) is 2.55. The van der Waals surface area contributed by atoms with E-state index < -0.39 is 0 Å². The summed E-state index contributed by atoms with van der Waals surface area (Å²) in [6.45, 7) is 2.71. The number of methoxy groups -OCH3 is 1. The van der Waals surface area contributed by atoms with Gasteiger partial charge in [0, 0.05) is 0 Å². The van der Waals surface area contributed by atoms with Gasteiger partial charge in [0.2, 0.25) is 0 Å². The number of halogens is 1. The van der Waals surface area contributed by atoms with E-state index in [1.807, 2.05) is 20.0 Å². The number of phenolic OH excluding ortho intramolecular Hbond substituents is 1. The summed E-state index contributed by atoms with van der Waals surface area (Å²) in [5.41, 5.74) is 1.78. The number of hydrogen-bond acceptors (Lipinski definition) is 3. The first-order valence-corrected chi connectivity index (χ1v) is 5.19. The molecule has 0 saturated carbocycles. The molecule has 0 aliphatic carbocycles. The lowest BCUT2D eigenvalue weighted by Gasteiger charge is -2.12. The van der Waals surface area contributed by atoms with Gasteiger partial charge in [0.1, 0.15) is 16.5 Å². The van der Waals surface area contributed by atoms with Gasteiger partial charge >= 0.3 is 0 Å². The third-order valence-electron chi connectivity index (χ3n) is 2.31. The SMILES string of the molecule is CNCCc1cc(C)c(OC)c(Cl)c1O. The van der Waals surface area contributed by atoms with Gasteiger partial charge in [-0.15, -0.1) is 0 Å². The number of ether oxygens (including phenoxy) is 1. The molecule has 15 heavy (non-hydrogen) atoms. The molecule has 0 aliphatic rings. The van der Waals surface area contributed by atoms with Crippen molar-refractivity contribution in [2.45, 2.75) is 13.3 Å². The van der Waals surface area contributed by atoms with Crippen LogP contribution in [0.15, 0.2) is 6.07 Å². The van der Waals surface area contributed by atoms with Gasteiger partial charge in [0.25, 0.3) is 0 Å². The fraction of sp³-hybridized carbons (Fsp3) is 0.455. The molecule has 1 rings (SSSR count). The lowest BCUT2D eigenvalue weighted by atomic mass is 10.1. The number of benzene rings is 1. The van der Waals surface area contributed by atoms with Crippen LogP contribution in [-0.4, -0.2) is 25.8 Å². The topological polar surface area (TPSA) is 41.5 Å². The smallest absolute Gasteiger partial charge is 0.144 e. The van der Waals surface area contributed by atoms with Crippen LogP contribution in [0.3, 0.4) is 0 Å². The fourth-order valence-electron chi connectivity index (χ4n) is 1.52. The van der Waals surface area contributed by atoms with Crippen molar-refractivity contribution in [1.29, 1.82) is 0 Å². The molecule has 1 aromatic carbocycles. The third-order valence-corrected chi connectivity index (χ3v) is 2.66. The summed E-state index contributed by atoms with van der Waals surface area (Å²) < 4.78 is 5.11. The molecular formula is C11H16ClNO2. The molecule has 0 bridgehead atoms. The molecule has 84 valence electrons. The van der Waals surface area contributed by atoms with Crippen LogP contribution < -0.4 is 10.1 Å². The van der Waals surface area contributed by atoms with Gasteiger partial charge in [-0.2, -0.15) is 0 Å².